The molecule has 0 aromatic heterocycles. The van der Waals surface area contributed by atoms with Gasteiger partial charge in [-0.15, -0.1) is 0 Å². The molecule has 1 atom stereocenters. The van der Waals surface area contributed by atoms with Gasteiger partial charge in [-0.25, -0.2) is 12.8 Å². The molecule has 23 heavy (non-hydrogen) atoms. The summed E-state index contributed by atoms with van der Waals surface area (Å²) in [6.07, 6.45) is 1.74. The molecule has 1 unspecified atom stereocenters. The van der Waals surface area contributed by atoms with Crippen molar-refractivity contribution in [3.8, 4) is 5.75 Å². The van der Waals surface area contributed by atoms with Crippen molar-refractivity contribution in [2.75, 3.05) is 0 Å². The second kappa shape index (κ2) is 6.52. The van der Waals surface area contributed by atoms with Gasteiger partial charge in [0.05, 0.1) is 0 Å². The summed E-state index contributed by atoms with van der Waals surface area (Å²) in [6, 6.07) is 12.9. The molecule has 0 saturated heterocycles. The van der Waals surface area contributed by atoms with E-state index in [1.165, 1.54) is 24.3 Å². The van der Waals surface area contributed by atoms with Crippen molar-refractivity contribution in [1.29, 1.82) is 0 Å². The molecule has 0 heterocycles. The molecule has 0 bridgehead atoms. The van der Waals surface area contributed by atoms with E-state index in [9.17, 15) is 17.4 Å². The SMILES string of the molecule is C=Cc1ccc(COc2ccc(C(C)(F)S(=O)(=O)[O-])cc2)cc1. The number of alkyl halides is 1. The summed E-state index contributed by atoms with van der Waals surface area (Å²) in [7, 11) is -5.10. The highest BCUT2D eigenvalue weighted by Crippen LogP contribution is 2.31. The van der Waals surface area contributed by atoms with Crippen molar-refractivity contribution in [2.24, 2.45) is 0 Å². The Morgan fingerprint density at radius 3 is 2.22 bits per heavy atom. The summed E-state index contributed by atoms with van der Waals surface area (Å²) in [5.41, 5.74) is 1.71. The molecule has 0 saturated carbocycles. The Hall–Kier alpha value is -2.18. The van der Waals surface area contributed by atoms with Crippen LogP contribution < -0.4 is 4.74 Å². The number of ether oxygens (including phenoxy) is 1. The Balaban J connectivity index is 2.06. The highest BCUT2D eigenvalue weighted by Gasteiger charge is 2.33. The third-order valence-corrected chi connectivity index (χ3v) is 4.64. The molecule has 0 aliphatic rings. The molecule has 0 fully saturated rings. The smallest absolute Gasteiger partial charge is 0.221 e. The minimum Gasteiger partial charge on any atom is -0.745 e. The Kier molecular flexibility index (Phi) is 4.87. The predicted octanol–water partition coefficient (Wildman–Crippen LogP) is 3.60. The molecule has 2 aromatic rings. The molecule has 0 amide bonds. The standard InChI is InChI=1S/C17H17FO4S/c1-3-13-4-6-14(7-5-13)12-22-16-10-8-15(9-11-16)17(2,18)23(19,20)21/h3-11H,1,12H2,2H3,(H,19,20,21)/p-1. The second-order valence-corrected chi connectivity index (χ2v) is 6.80. The van der Waals surface area contributed by atoms with Crippen molar-refractivity contribution in [2.45, 2.75) is 18.5 Å². The molecule has 0 aliphatic heterocycles. The first-order chi connectivity index (χ1) is 10.7. The zero-order valence-electron chi connectivity index (χ0n) is 12.5. The van der Waals surface area contributed by atoms with E-state index >= 15 is 0 Å². The van der Waals surface area contributed by atoms with Gasteiger partial charge in [-0.05, 0) is 30.2 Å². The van der Waals surface area contributed by atoms with Crippen molar-refractivity contribution in [3.05, 3.63) is 71.8 Å². The molecule has 0 radical (unpaired) electrons. The summed E-state index contributed by atoms with van der Waals surface area (Å²) < 4.78 is 52.4. The van der Waals surface area contributed by atoms with Crippen molar-refractivity contribution >= 4 is 16.2 Å². The highest BCUT2D eigenvalue weighted by molar-refractivity contribution is 7.86. The molecule has 0 aliphatic carbocycles. The van der Waals surface area contributed by atoms with Gasteiger partial charge in [-0.3, -0.25) is 0 Å². The van der Waals surface area contributed by atoms with Crippen LogP contribution in [0, 0.1) is 0 Å². The fourth-order valence-electron chi connectivity index (χ4n) is 1.91. The number of benzene rings is 2. The van der Waals surface area contributed by atoms with Crippen LogP contribution in [-0.2, 0) is 21.7 Å². The topological polar surface area (TPSA) is 66.4 Å². The zero-order valence-corrected chi connectivity index (χ0v) is 13.3. The molecule has 4 nitrogen and oxygen atoms in total. The van der Waals surface area contributed by atoms with Crippen LogP contribution in [0.4, 0.5) is 4.39 Å². The van der Waals surface area contributed by atoms with E-state index in [1.54, 1.807) is 6.08 Å². The van der Waals surface area contributed by atoms with Gasteiger partial charge < -0.3 is 9.29 Å². The van der Waals surface area contributed by atoms with E-state index in [0.29, 0.717) is 12.4 Å². The van der Waals surface area contributed by atoms with Gasteiger partial charge in [0.25, 0.3) is 0 Å². The summed E-state index contributed by atoms with van der Waals surface area (Å²) in [4.78, 5) is 0. The summed E-state index contributed by atoms with van der Waals surface area (Å²) in [5.74, 6) is 0.445. The Labute approximate surface area is 135 Å². The van der Waals surface area contributed by atoms with Crippen molar-refractivity contribution in [1.82, 2.24) is 0 Å². The van der Waals surface area contributed by atoms with Gasteiger partial charge in [0.1, 0.15) is 22.5 Å². The van der Waals surface area contributed by atoms with Gasteiger partial charge in [0.15, 0.2) is 0 Å². The van der Waals surface area contributed by atoms with E-state index in [0.717, 1.165) is 18.1 Å². The Morgan fingerprint density at radius 2 is 1.74 bits per heavy atom. The van der Waals surface area contributed by atoms with Crippen LogP contribution in [0.1, 0.15) is 23.6 Å². The first-order valence-corrected chi connectivity index (χ1v) is 8.24. The van der Waals surface area contributed by atoms with E-state index in [2.05, 4.69) is 6.58 Å². The summed E-state index contributed by atoms with van der Waals surface area (Å²) in [6.45, 7) is 4.71. The third kappa shape index (κ3) is 3.97. The number of hydrogen-bond acceptors (Lipinski definition) is 4. The van der Waals surface area contributed by atoms with E-state index in [1.807, 2.05) is 24.3 Å². The molecular weight excluding hydrogens is 319 g/mol. The largest absolute Gasteiger partial charge is 0.745 e. The highest BCUT2D eigenvalue weighted by atomic mass is 32.2. The number of rotatable bonds is 6. The molecule has 0 spiro atoms. The van der Waals surface area contributed by atoms with Crippen LogP contribution in [0.2, 0.25) is 0 Å². The zero-order chi connectivity index (χ0) is 17.1. The average Bonchev–Trinajstić information content (AvgIpc) is 2.53. The van der Waals surface area contributed by atoms with Gasteiger partial charge in [0.2, 0.25) is 5.00 Å². The first kappa shape index (κ1) is 17.2. The van der Waals surface area contributed by atoms with Crippen molar-refractivity contribution < 1.29 is 22.1 Å². The maximum Gasteiger partial charge on any atom is 0.221 e. The van der Waals surface area contributed by atoms with E-state index < -0.39 is 15.1 Å². The van der Waals surface area contributed by atoms with Crippen LogP contribution in [0.25, 0.3) is 6.08 Å². The Bertz CT molecular complexity index is 778. The molecule has 122 valence electrons. The van der Waals surface area contributed by atoms with E-state index in [-0.39, 0.29) is 5.56 Å². The lowest BCUT2D eigenvalue weighted by molar-refractivity contribution is 0.266. The summed E-state index contributed by atoms with van der Waals surface area (Å²) in [5, 5.41) is -2.97. The lowest BCUT2D eigenvalue weighted by atomic mass is 10.1. The average molecular weight is 335 g/mol. The second-order valence-electron chi connectivity index (χ2n) is 5.13. The maximum atomic E-state index is 14.0. The predicted molar refractivity (Wildman–Crippen MR) is 85.5 cm³/mol. The minimum atomic E-state index is -5.10. The molecule has 6 heteroatoms. The van der Waals surface area contributed by atoms with Gasteiger partial charge in [-0.2, -0.15) is 0 Å². The summed E-state index contributed by atoms with van der Waals surface area (Å²) >= 11 is 0. The van der Waals surface area contributed by atoms with Crippen molar-refractivity contribution in [3.63, 3.8) is 0 Å². The Morgan fingerprint density at radius 1 is 1.17 bits per heavy atom. The van der Waals surface area contributed by atoms with Gasteiger partial charge >= 0.3 is 0 Å². The molecule has 0 N–H and O–H groups in total. The molecule has 2 rings (SSSR count). The lowest BCUT2D eigenvalue weighted by Gasteiger charge is -2.24. The van der Waals surface area contributed by atoms with E-state index in [4.69, 9.17) is 4.74 Å². The first-order valence-electron chi connectivity index (χ1n) is 6.83. The molecule has 2 aromatic carbocycles. The van der Waals surface area contributed by atoms with Gasteiger partial charge in [0, 0.05) is 5.56 Å². The van der Waals surface area contributed by atoms with Gasteiger partial charge in [-0.1, -0.05) is 49.1 Å². The normalized spacial score (nSPS) is 14.0. The fraction of sp³-hybridized carbons (Fsp3) is 0.176. The maximum absolute atomic E-state index is 14.0. The number of halogens is 1. The van der Waals surface area contributed by atoms with Crippen LogP contribution in [0.15, 0.2) is 55.1 Å². The molecular formula is C17H16FO4S-. The van der Waals surface area contributed by atoms with Crippen LogP contribution >= 0.6 is 0 Å². The minimum absolute atomic E-state index is 0.227. The number of hydrogen-bond donors (Lipinski definition) is 0. The van der Waals surface area contributed by atoms with Crippen LogP contribution in [0.3, 0.4) is 0 Å². The van der Waals surface area contributed by atoms with Crippen LogP contribution in [0.5, 0.6) is 5.75 Å². The quantitative estimate of drug-likeness (QED) is 0.757. The lowest BCUT2D eigenvalue weighted by Crippen LogP contribution is -2.27. The fourth-order valence-corrected chi connectivity index (χ4v) is 2.33. The third-order valence-electron chi connectivity index (χ3n) is 3.46. The van der Waals surface area contributed by atoms with Crippen LogP contribution in [-0.4, -0.2) is 13.0 Å². The monoisotopic (exact) mass is 335 g/mol.